The number of nitrogens with zero attached hydrogens (tertiary/aromatic N) is 1. The van der Waals surface area contributed by atoms with E-state index in [1.807, 2.05) is 48.5 Å². The number of anilines is 1. The first-order chi connectivity index (χ1) is 11.0. The van der Waals surface area contributed by atoms with Crippen molar-refractivity contribution in [2.75, 3.05) is 11.9 Å². The summed E-state index contributed by atoms with van der Waals surface area (Å²) in [5, 5.41) is 0. The van der Waals surface area contributed by atoms with Crippen molar-refractivity contribution in [1.82, 2.24) is 0 Å². The second-order valence-electron chi connectivity index (χ2n) is 6.58. The minimum atomic E-state index is -0.394. The first kappa shape index (κ1) is 15.5. The van der Waals surface area contributed by atoms with Crippen LogP contribution in [0.25, 0.3) is 0 Å². The minimum Gasteiger partial charge on any atom is -0.351 e. The van der Waals surface area contributed by atoms with E-state index >= 15 is 0 Å². The van der Waals surface area contributed by atoms with Crippen LogP contribution in [-0.2, 0) is 10.2 Å². The third-order valence-electron chi connectivity index (χ3n) is 4.94. The molecule has 2 aromatic carbocycles. The molecule has 23 heavy (non-hydrogen) atoms. The SMILES string of the molecule is Cc1ccccc1[C@@]1(C)CC/C(=C/N(C)c2ccccc2)C1=O. The second-order valence-corrected chi connectivity index (χ2v) is 6.58. The molecule has 0 aliphatic heterocycles. The number of carbonyl (C=O) groups excluding carboxylic acids is 1. The monoisotopic (exact) mass is 305 g/mol. The van der Waals surface area contributed by atoms with Gasteiger partial charge in [0.25, 0.3) is 0 Å². The van der Waals surface area contributed by atoms with Gasteiger partial charge in [-0.05, 0) is 49.9 Å². The fourth-order valence-corrected chi connectivity index (χ4v) is 3.51. The van der Waals surface area contributed by atoms with Crippen LogP contribution in [0, 0.1) is 6.92 Å². The number of aryl methyl sites for hydroxylation is 1. The molecule has 2 heteroatoms. The number of hydrogen-bond acceptors (Lipinski definition) is 2. The van der Waals surface area contributed by atoms with E-state index in [9.17, 15) is 4.79 Å². The van der Waals surface area contributed by atoms with Gasteiger partial charge in [-0.15, -0.1) is 0 Å². The van der Waals surface area contributed by atoms with Crippen LogP contribution in [0.3, 0.4) is 0 Å². The molecule has 0 radical (unpaired) electrons. The lowest BCUT2D eigenvalue weighted by molar-refractivity contribution is -0.118. The fraction of sp³-hybridized carbons (Fsp3) is 0.286. The van der Waals surface area contributed by atoms with Crippen LogP contribution in [0.1, 0.15) is 30.9 Å². The molecule has 3 rings (SSSR count). The summed E-state index contributed by atoms with van der Waals surface area (Å²) >= 11 is 0. The maximum Gasteiger partial charge on any atom is 0.170 e. The lowest BCUT2D eigenvalue weighted by Crippen LogP contribution is -2.28. The lowest BCUT2D eigenvalue weighted by Gasteiger charge is -2.24. The zero-order chi connectivity index (χ0) is 16.4. The van der Waals surface area contributed by atoms with Crippen LogP contribution in [-0.4, -0.2) is 12.8 Å². The molecule has 118 valence electrons. The quantitative estimate of drug-likeness (QED) is 0.770. The van der Waals surface area contributed by atoms with Crippen molar-refractivity contribution in [3.8, 4) is 0 Å². The number of allylic oxidation sites excluding steroid dienone is 1. The first-order valence-electron chi connectivity index (χ1n) is 8.12. The first-order valence-corrected chi connectivity index (χ1v) is 8.12. The molecule has 1 aliphatic carbocycles. The van der Waals surface area contributed by atoms with Gasteiger partial charge in [0.15, 0.2) is 5.78 Å². The molecule has 0 N–H and O–H groups in total. The number of para-hydroxylation sites is 1. The number of carbonyl (C=O) groups is 1. The van der Waals surface area contributed by atoms with Gasteiger partial charge in [-0.25, -0.2) is 0 Å². The van der Waals surface area contributed by atoms with Crippen molar-refractivity contribution < 1.29 is 4.79 Å². The summed E-state index contributed by atoms with van der Waals surface area (Å²) in [7, 11) is 2.00. The molecule has 2 aromatic rings. The van der Waals surface area contributed by atoms with Crippen LogP contribution >= 0.6 is 0 Å². The Balaban J connectivity index is 1.90. The predicted molar refractivity (Wildman–Crippen MR) is 95.7 cm³/mol. The molecule has 0 amide bonds. The summed E-state index contributed by atoms with van der Waals surface area (Å²) in [6.07, 6.45) is 3.72. The number of rotatable bonds is 3. The van der Waals surface area contributed by atoms with Gasteiger partial charge in [-0.3, -0.25) is 4.79 Å². The van der Waals surface area contributed by atoms with Crippen LogP contribution < -0.4 is 4.90 Å². The highest BCUT2D eigenvalue weighted by molar-refractivity contribution is 6.06. The maximum atomic E-state index is 13.1. The molecule has 0 heterocycles. The molecule has 0 bridgehead atoms. The van der Waals surface area contributed by atoms with E-state index in [1.54, 1.807) is 0 Å². The lowest BCUT2D eigenvalue weighted by atomic mass is 9.78. The van der Waals surface area contributed by atoms with Crippen molar-refractivity contribution in [2.24, 2.45) is 0 Å². The Morgan fingerprint density at radius 1 is 1.04 bits per heavy atom. The second kappa shape index (κ2) is 6.04. The van der Waals surface area contributed by atoms with Gasteiger partial charge in [0.05, 0.1) is 5.41 Å². The van der Waals surface area contributed by atoms with Crippen LogP contribution in [0.4, 0.5) is 5.69 Å². The van der Waals surface area contributed by atoms with E-state index in [0.717, 1.165) is 29.7 Å². The predicted octanol–water partition coefficient (Wildman–Crippen LogP) is 4.64. The Morgan fingerprint density at radius 2 is 1.70 bits per heavy atom. The van der Waals surface area contributed by atoms with Crippen molar-refractivity contribution in [3.05, 3.63) is 77.5 Å². The molecule has 1 fully saturated rings. The van der Waals surface area contributed by atoms with Gasteiger partial charge in [0.2, 0.25) is 0 Å². The van der Waals surface area contributed by atoms with E-state index in [1.165, 1.54) is 5.56 Å². The molecule has 0 saturated heterocycles. The number of benzene rings is 2. The number of Topliss-reactive ketones (excluding diaryl/α,β-unsaturated/α-hetero) is 1. The van der Waals surface area contributed by atoms with Crippen LogP contribution in [0.15, 0.2) is 66.4 Å². The van der Waals surface area contributed by atoms with Gasteiger partial charge in [0.1, 0.15) is 0 Å². The summed E-state index contributed by atoms with van der Waals surface area (Å²) in [6, 6.07) is 18.4. The normalized spacial score (nSPS) is 22.6. The van der Waals surface area contributed by atoms with Gasteiger partial charge >= 0.3 is 0 Å². The van der Waals surface area contributed by atoms with Gasteiger partial charge in [-0.1, -0.05) is 42.5 Å². The Hall–Kier alpha value is -2.35. The summed E-state index contributed by atoms with van der Waals surface area (Å²) in [5.74, 6) is 0.259. The third-order valence-corrected chi connectivity index (χ3v) is 4.94. The van der Waals surface area contributed by atoms with Crippen molar-refractivity contribution in [1.29, 1.82) is 0 Å². The highest BCUT2D eigenvalue weighted by atomic mass is 16.1. The van der Waals surface area contributed by atoms with Crippen LogP contribution in [0.2, 0.25) is 0 Å². The molecule has 0 unspecified atom stereocenters. The smallest absolute Gasteiger partial charge is 0.170 e. The zero-order valence-electron chi connectivity index (χ0n) is 14.0. The number of hydrogen-bond donors (Lipinski definition) is 0. The van der Waals surface area contributed by atoms with Crippen molar-refractivity contribution in [3.63, 3.8) is 0 Å². The molecule has 0 aromatic heterocycles. The van der Waals surface area contributed by atoms with E-state index in [4.69, 9.17) is 0 Å². The summed E-state index contributed by atoms with van der Waals surface area (Å²) in [5.41, 5.74) is 3.98. The van der Waals surface area contributed by atoms with E-state index in [-0.39, 0.29) is 5.78 Å². The third kappa shape index (κ3) is 2.81. The van der Waals surface area contributed by atoms with Gasteiger partial charge < -0.3 is 4.90 Å². The average molecular weight is 305 g/mol. The van der Waals surface area contributed by atoms with Crippen LogP contribution in [0.5, 0.6) is 0 Å². The zero-order valence-corrected chi connectivity index (χ0v) is 14.0. The molecular formula is C21H23NO. The van der Waals surface area contributed by atoms with E-state index < -0.39 is 5.41 Å². The summed E-state index contributed by atoms with van der Waals surface area (Å²) in [6.45, 7) is 4.17. The van der Waals surface area contributed by atoms with E-state index in [2.05, 4.69) is 38.1 Å². The molecular weight excluding hydrogens is 282 g/mol. The number of ketones is 1. The van der Waals surface area contributed by atoms with Gasteiger partial charge in [-0.2, -0.15) is 0 Å². The van der Waals surface area contributed by atoms with E-state index in [0.29, 0.717) is 0 Å². The van der Waals surface area contributed by atoms with Crippen molar-refractivity contribution in [2.45, 2.75) is 32.1 Å². The summed E-state index contributed by atoms with van der Waals surface area (Å²) in [4.78, 5) is 15.1. The molecule has 0 spiro atoms. The highest BCUT2D eigenvalue weighted by Gasteiger charge is 2.42. The Labute approximate surface area is 138 Å². The maximum absolute atomic E-state index is 13.1. The highest BCUT2D eigenvalue weighted by Crippen LogP contribution is 2.42. The molecule has 2 nitrogen and oxygen atoms in total. The Kier molecular flexibility index (Phi) is 4.08. The Bertz CT molecular complexity index is 747. The Morgan fingerprint density at radius 3 is 2.39 bits per heavy atom. The molecule has 1 aliphatic rings. The average Bonchev–Trinajstić information content (AvgIpc) is 2.85. The van der Waals surface area contributed by atoms with Crippen molar-refractivity contribution >= 4 is 11.5 Å². The standard InChI is InChI=1S/C21H23NO/c1-16-9-7-8-12-19(16)21(2)14-13-17(20(21)23)15-22(3)18-10-5-4-6-11-18/h4-12,15H,13-14H2,1-3H3/b17-15-/t21-/m1/s1. The van der Waals surface area contributed by atoms with Gasteiger partial charge in [0, 0.05) is 24.5 Å². The largest absolute Gasteiger partial charge is 0.351 e. The topological polar surface area (TPSA) is 20.3 Å². The molecule has 1 atom stereocenters. The minimum absolute atomic E-state index is 0.259. The molecule has 1 saturated carbocycles. The summed E-state index contributed by atoms with van der Waals surface area (Å²) < 4.78 is 0. The fourth-order valence-electron chi connectivity index (χ4n) is 3.51.